The lowest BCUT2D eigenvalue weighted by molar-refractivity contribution is 0.0772. The van der Waals surface area contributed by atoms with Gasteiger partial charge in [0.2, 0.25) is 0 Å². The van der Waals surface area contributed by atoms with Crippen LogP contribution in [0.1, 0.15) is 27.3 Å². The van der Waals surface area contributed by atoms with Crippen LogP contribution in [-0.2, 0) is 6.54 Å². The number of benzene rings is 2. The van der Waals surface area contributed by atoms with Crippen LogP contribution in [0.4, 0.5) is 4.39 Å². The zero-order chi connectivity index (χ0) is 21.0. The predicted octanol–water partition coefficient (Wildman–Crippen LogP) is 4.49. The van der Waals surface area contributed by atoms with Gasteiger partial charge in [0.05, 0.1) is 24.3 Å². The van der Waals surface area contributed by atoms with Crippen LogP contribution in [0.5, 0.6) is 5.75 Å². The van der Waals surface area contributed by atoms with Gasteiger partial charge in [0.1, 0.15) is 18.2 Å². The number of carbonyl (C=O) groups is 1. The minimum atomic E-state index is -0.315. The van der Waals surface area contributed by atoms with E-state index in [1.54, 1.807) is 28.8 Å². The third kappa shape index (κ3) is 4.95. The molecule has 152 valence electrons. The Hall–Kier alpha value is -2.86. The molecule has 0 N–H and O–H groups in total. The normalized spacial score (nSPS) is 10.8. The van der Waals surface area contributed by atoms with Gasteiger partial charge in [-0.3, -0.25) is 9.48 Å². The van der Waals surface area contributed by atoms with Gasteiger partial charge in [0.15, 0.2) is 0 Å². The van der Waals surface area contributed by atoms with Crippen molar-refractivity contribution in [3.05, 3.63) is 81.9 Å². The summed E-state index contributed by atoms with van der Waals surface area (Å²) in [5.74, 6) is 0.129. The Labute approximate surface area is 174 Å². The Kier molecular flexibility index (Phi) is 6.54. The summed E-state index contributed by atoms with van der Waals surface area (Å²) in [6, 6.07) is 13.4. The number of aryl methyl sites for hydroxylation is 1. The van der Waals surface area contributed by atoms with E-state index in [-0.39, 0.29) is 11.7 Å². The molecule has 5 nitrogen and oxygen atoms in total. The van der Waals surface area contributed by atoms with Gasteiger partial charge in [-0.15, -0.1) is 0 Å². The zero-order valence-electron chi connectivity index (χ0n) is 16.7. The molecular weight excluding hydrogens is 393 g/mol. The second-order valence-electron chi connectivity index (χ2n) is 6.82. The molecule has 29 heavy (non-hydrogen) atoms. The number of hydrogen-bond donors (Lipinski definition) is 0. The fraction of sp³-hybridized carbons (Fsp3) is 0.273. The fourth-order valence-electron chi connectivity index (χ4n) is 3.07. The maximum atomic E-state index is 12.9. The van der Waals surface area contributed by atoms with Crippen LogP contribution in [0.15, 0.2) is 48.5 Å². The first kappa shape index (κ1) is 20.9. The first-order valence-electron chi connectivity index (χ1n) is 9.28. The van der Waals surface area contributed by atoms with Crippen molar-refractivity contribution in [1.29, 1.82) is 0 Å². The zero-order valence-corrected chi connectivity index (χ0v) is 17.4. The molecule has 3 aromatic rings. The molecule has 0 aliphatic carbocycles. The lowest BCUT2D eigenvalue weighted by Crippen LogP contribution is -2.31. The summed E-state index contributed by atoms with van der Waals surface area (Å²) in [4.78, 5) is 14.5. The summed E-state index contributed by atoms with van der Waals surface area (Å²) >= 11 is 6.25. The van der Waals surface area contributed by atoms with E-state index in [0.29, 0.717) is 41.7 Å². The molecule has 7 heteroatoms. The van der Waals surface area contributed by atoms with Crippen molar-refractivity contribution in [3.63, 3.8) is 0 Å². The van der Waals surface area contributed by atoms with Gasteiger partial charge < -0.3 is 9.64 Å². The maximum absolute atomic E-state index is 12.9. The Bertz CT molecular complexity index is 1000. The van der Waals surface area contributed by atoms with Crippen molar-refractivity contribution < 1.29 is 13.9 Å². The number of hydrogen-bond acceptors (Lipinski definition) is 3. The second-order valence-corrected chi connectivity index (χ2v) is 7.23. The van der Waals surface area contributed by atoms with Gasteiger partial charge in [-0.1, -0.05) is 29.8 Å². The maximum Gasteiger partial charge on any atom is 0.257 e. The molecule has 3 rings (SSSR count). The SMILES string of the molecule is Cc1nn(Cc2ccccc2Cl)c(C)c1C(=O)N(C)CCOc1ccc(F)cc1. The van der Waals surface area contributed by atoms with Crippen molar-refractivity contribution in [1.82, 2.24) is 14.7 Å². The Balaban J connectivity index is 1.66. The first-order chi connectivity index (χ1) is 13.9. The minimum absolute atomic E-state index is 0.117. The predicted molar refractivity (Wildman–Crippen MR) is 111 cm³/mol. The Morgan fingerprint density at radius 3 is 2.55 bits per heavy atom. The molecule has 0 atom stereocenters. The first-order valence-corrected chi connectivity index (χ1v) is 9.66. The van der Waals surface area contributed by atoms with Crippen molar-refractivity contribution >= 4 is 17.5 Å². The summed E-state index contributed by atoms with van der Waals surface area (Å²) in [5.41, 5.74) is 2.99. The van der Waals surface area contributed by atoms with Crippen molar-refractivity contribution in [2.45, 2.75) is 20.4 Å². The second kappa shape index (κ2) is 9.09. The Morgan fingerprint density at radius 2 is 1.86 bits per heavy atom. The van der Waals surface area contributed by atoms with E-state index < -0.39 is 0 Å². The van der Waals surface area contributed by atoms with E-state index in [0.717, 1.165) is 11.3 Å². The van der Waals surface area contributed by atoms with Gasteiger partial charge in [-0.25, -0.2) is 4.39 Å². The van der Waals surface area contributed by atoms with Crippen LogP contribution in [-0.4, -0.2) is 40.8 Å². The number of nitrogens with zero attached hydrogens (tertiary/aromatic N) is 3. The number of halogens is 2. The van der Waals surface area contributed by atoms with E-state index >= 15 is 0 Å². The highest BCUT2D eigenvalue weighted by molar-refractivity contribution is 6.31. The lowest BCUT2D eigenvalue weighted by atomic mass is 10.1. The molecule has 0 fully saturated rings. The molecule has 1 amide bonds. The molecule has 0 radical (unpaired) electrons. The molecule has 0 saturated carbocycles. The lowest BCUT2D eigenvalue weighted by Gasteiger charge is -2.18. The van der Waals surface area contributed by atoms with Crippen LogP contribution in [0, 0.1) is 19.7 Å². The van der Waals surface area contributed by atoms with Crippen LogP contribution in [0.3, 0.4) is 0 Å². The molecule has 0 unspecified atom stereocenters. The van der Waals surface area contributed by atoms with Gasteiger partial charge in [0.25, 0.3) is 5.91 Å². The Morgan fingerprint density at radius 1 is 1.17 bits per heavy atom. The van der Waals surface area contributed by atoms with Gasteiger partial charge >= 0.3 is 0 Å². The summed E-state index contributed by atoms with van der Waals surface area (Å²) < 4.78 is 20.3. The summed E-state index contributed by atoms with van der Waals surface area (Å²) in [5, 5.41) is 5.20. The van der Waals surface area contributed by atoms with Crippen LogP contribution in [0.2, 0.25) is 5.02 Å². The highest BCUT2D eigenvalue weighted by atomic mass is 35.5. The number of likely N-dealkylation sites (N-methyl/N-ethyl adjacent to an activating group) is 1. The molecule has 0 aliphatic heterocycles. The van der Waals surface area contributed by atoms with Crippen LogP contribution >= 0.6 is 11.6 Å². The third-order valence-electron chi connectivity index (χ3n) is 4.73. The van der Waals surface area contributed by atoms with Crippen LogP contribution in [0.25, 0.3) is 0 Å². The number of aromatic nitrogens is 2. The monoisotopic (exact) mass is 415 g/mol. The molecule has 2 aromatic carbocycles. The van der Waals surface area contributed by atoms with Crippen molar-refractivity contribution in [2.24, 2.45) is 0 Å². The molecule has 0 bridgehead atoms. The van der Waals surface area contributed by atoms with E-state index in [2.05, 4.69) is 5.10 Å². The van der Waals surface area contributed by atoms with Crippen molar-refractivity contribution in [3.8, 4) is 5.75 Å². The van der Waals surface area contributed by atoms with E-state index in [9.17, 15) is 9.18 Å². The van der Waals surface area contributed by atoms with Gasteiger partial charge in [-0.2, -0.15) is 5.10 Å². The summed E-state index contributed by atoms with van der Waals surface area (Å²) in [6.07, 6.45) is 0. The highest BCUT2D eigenvalue weighted by Gasteiger charge is 2.22. The number of amides is 1. The van der Waals surface area contributed by atoms with Gasteiger partial charge in [0, 0.05) is 17.8 Å². The smallest absolute Gasteiger partial charge is 0.257 e. The third-order valence-corrected chi connectivity index (χ3v) is 5.10. The molecule has 0 spiro atoms. The van der Waals surface area contributed by atoms with Gasteiger partial charge in [-0.05, 0) is 49.7 Å². The minimum Gasteiger partial charge on any atom is -0.492 e. The standard InChI is InChI=1S/C22H23ClFN3O2/c1-15-21(16(2)27(25-15)14-17-6-4-5-7-20(17)23)22(28)26(3)12-13-29-19-10-8-18(24)9-11-19/h4-11H,12-14H2,1-3H3. The average molecular weight is 416 g/mol. The fourth-order valence-corrected chi connectivity index (χ4v) is 3.27. The quantitative estimate of drug-likeness (QED) is 0.571. The number of ether oxygens (including phenoxy) is 1. The van der Waals surface area contributed by atoms with Crippen molar-refractivity contribution in [2.75, 3.05) is 20.2 Å². The largest absolute Gasteiger partial charge is 0.492 e. The number of carbonyl (C=O) groups excluding carboxylic acids is 1. The number of rotatable bonds is 7. The summed E-state index contributed by atoms with van der Waals surface area (Å²) in [6.45, 7) is 4.90. The topological polar surface area (TPSA) is 47.4 Å². The summed E-state index contributed by atoms with van der Waals surface area (Å²) in [7, 11) is 1.72. The van der Waals surface area contributed by atoms with Crippen LogP contribution < -0.4 is 4.74 Å². The molecular formula is C22H23ClFN3O2. The highest BCUT2D eigenvalue weighted by Crippen LogP contribution is 2.20. The van der Waals surface area contributed by atoms with E-state index in [1.807, 2.05) is 38.1 Å². The average Bonchev–Trinajstić information content (AvgIpc) is 2.97. The van der Waals surface area contributed by atoms with E-state index in [1.165, 1.54) is 12.1 Å². The molecule has 0 saturated heterocycles. The van der Waals surface area contributed by atoms with E-state index in [4.69, 9.17) is 16.3 Å². The molecule has 1 heterocycles. The molecule has 1 aromatic heterocycles. The molecule has 0 aliphatic rings.